The lowest BCUT2D eigenvalue weighted by molar-refractivity contribution is 0.395. The summed E-state index contributed by atoms with van der Waals surface area (Å²) in [5.41, 5.74) is 2.21. The number of para-hydroxylation sites is 1. The highest BCUT2D eigenvalue weighted by atomic mass is 16.5. The molecule has 0 spiro atoms. The number of rotatable bonds is 5. The summed E-state index contributed by atoms with van der Waals surface area (Å²) in [7, 11) is 3.13. The molecule has 31 heavy (non-hydrogen) atoms. The van der Waals surface area contributed by atoms with E-state index >= 15 is 0 Å². The van der Waals surface area contributed by atoms with Gasteiger partial charge in [-0.25, -0.2) is 4.57 Å². The summed E-state index contributed by atoms with van der Waals surface area (Å²) < 4.78 is 12.0. The fourth-order valence-corrected chi connectivity index (χ4v) is 3.55. The molecule has 0 fully saturated rings. The average molecular weight is 414 g/mol. The van der Waals surface area contributed by atoms with Gasteiger partial charge in [-0.05, 0) is 36.8 Å². The molecule has 1 aromatic heterocycles. The maximum atomic E-state index is 13.2. The van der Waals surface area contributed by atoms with Gasteiger partial charge in [-0.15, -0.1) is 0 Å². The number of fused-ring (bicyclic) bond motifs is 1. The minimum absolute atomic E-state index is 0.172. The summed E-state index contributed by atoms with van der Waals surface area (Å²) in [5.74, 6) is 1.01. The number of hydrogen-bond acceptors (Lipinski definition) is 5. The van der Waals surface area contributed by atoms with Crippen molar-refractivity contribution >= 4 is 22.7 Å². The van der Waals surface area contributed by atoms with Crippen molar-refractivity contribution < 1.29 is 14.6 Å². The van der Waals surface area contributed by atoms with E-state index < -0.39 is 0 Å². The molecule has 0 aliphatic heterocycles. The number of methoxy groups -OCH3 is 2. The van der Waals surface area contributed by atoms with Crippen LogP contribution in [0.5, 0.6) is 17.4 Å². The van der Waals surface area contributed by atoms with Crippen molar-refractivity contribution in [3.05, 3.63) is 88.2 Å². The number of aliphatic imine (C=N–C) groups is 1. The normalized spacial score (nSPS) is 11.2. The Kier molecular flexibility index (Phi) is 5.45. The molecule has 0 saturated heterocycles. The SMILES string of the molecule is COc1ccc(N=Cc2c(O)n(-c3ccccc3C)c(=O)c3ccccc23)c(OC)c1. The number of aromatic hydroxyl groups is 1. The molecule has 0 radical (unpaired) electrons. The van der Waals surface area contributed by atoms with Crippen LogP contribution in [0.1, 0.15) is 11.1 Å². The van der Waals surface area contributed by atoms with Crippen LogP contribution in [-0.4, -0.2) is 30.1 Å². The molecule has 0 saturated carbocycles. The van der Waals surface area contributed by atoms with E-state index in [2.05, 4.69) is 4.99 Å². The van der Waals surface area contributed by atoms with Crippen LogP contribution in [0.2, 0.25) is 0 Å². The predicted molar refractivity (Wildman–Crippen MR) is 123 cm³/mol. The van der Waals surface area contributed by atoms with Gasteiger partial charge < -0.3 is 14.6 Å². The third kappa shape index (κ3) is 3.64. The Labute approximate surface area is 179 Å². The standard InChI is InChI=1S/C25H22N2O4/c1-16-8-4-7-11-22(16)27-24(28)19-10-6-5-9-18(19)20(25(27)29)15-26-21-13-12-17(30-2)14-23(21)31-3/h4-15,29H,1-3H3. The monoisotopic (exact) mass is 414 g/mol. The summed E-state index contributed by atoms with van der Waals surface area (Å²) in [5, 5.41) is 12.3. The van der Waals surface area contributed by atoms with Gasteiger partial charge in [0.15, 0.2) is 0 Å². The Morgan fingerprint density at radius 3 is 2.35 bits per heavy atom. The first-order valence-corrected chi connectivity index (χ1v) is 9.74. The van der Waals surface area contributed by atoms with Crippen molar-refractivity contribution in [2.45, 2.75) is 6.92 Å². The Bertz CT molecular complexity index is 1360. The van der Waals surface area contributed by atoms with Gasteiger partial charge in [-0.3, -0.25) is 9.79 Å². The molecule has 1 heterocycles. The van der Waals surface area contributed by atoms with Crippen LogP contribution >= 0.6 is 0 Å². The fraction of sp³-hybridized carbons (Fsp3) is 0.120. The average Bonchev–Trinajstić information content (AvgIpc) is 2.80. The Morgan fingerprint density at radius 1 is 0.935 bits per heavy atom. The number of hydrogen-bond donors (Lipinski definition) is 1. The largest absolute Gasteiger partial charge is 0.497 e. The highest BCUT2D eigenvalue weighted by Crippen LogP contribution is 2.33. The highest BCUT2D eigenvalue weighted by molar-refractivity contribution is 6.02. The summed E-state index contributed by atoms with van der Waals surface area (Å²) in [6, 6.07) is 19.9. The van der Waals surface area contributed by atoms with Crippen LogP contribution in [-0.2, 0) is 0 Å². The molecule has 156 valence electrons. The minimum atomic E-state index is -0.290. The molecule has 0 bridgehead atoms. The maximum absolute atomic E-state index is 13.2. The van der Waals surface area contributed by atoms with Gasteiger partial charge in [-0.1, -0.05) is 36.4 Å². The predicted octanol–water partition coefficient (Wildman–Crippen LogP) is 4.77. The van der Waals surface area contributed by atoms with Gasteiger partial charge in [0.05, 0.1) is 25.5 Å². The molecular weight excluding hydrogens is 392 g/mol. The number of pyridine rings is 1. The van der Waals surface area contributed by atoms with Crippen LogP contribution in [0.4, 0.5) is 5.69 Å². The summed E-state index contributed by atoms with van der Waals surface area (Å²) in [4.78, 5) is 17.8. The van der Waals surface area contributed by atoms with Crippen molar-refractivity contribution in [3.8, 4) is 23.1 Å². The number of benzene rings is 3. The zero-order valence-corrected chi connectivity index (χ0v) is 17.5. The zero-order valence-electron chi connectivity index (χ0n) is 17.5. The van der Waals surface area contributed by atoms with Gasteiger partial charge >= 0.3 is 0 Å². The Morgan fingerprint density at radius 2 is 1.65 bits per heavy atom. The second kappa shape index (κ2) is 8.36. The van der Waals surface area contributed by atoms with Gasteiger partial charge in [-0.2, -0.15) is 0 Å². The number of aryl methyl sites for hydroxylation is 1. The van der Waals surface area contributed by atoms with E-state index in [1.54, 1.807) is 62.9 Å². The lowest BCUT2D eigenvalue weighted by Crippen LogP contribution is -2.20. The second-order valence-electron chi connectivity index (χ2n) is 7.01. The molecule has 6 heteroatoms. The first-order chi connectivity index (χ1) is 15.0. The minimum Gasteiger partial charge on any atom is -0.497 e. The Hall–Kier alpha value is -4.06. The van der Waals surface area contributed by atoms with E-state index in [1.165, 1.54) is 4.57 Å². The number of nitrogens with zero attached hydrogens (tertiary/aromatic N) is 2. The van der Waals surface area contributed by atoms with E-state index in [-0.39, 0.29) is 11.4 Å². The van der Waals surface area contributed by atoms with E-state index in [4.69, 9.17) is 9.47 Å². The first kappa shape index (κ1) is 20.2. The molecule has 1 N–H and O–H groups in total. The highest BCUT2D eigenvalue weighted by Gasteiger charge is 2.17. The quantitative estimate of drug-likeness (QED) is 0.477. The van der Waals surface area contributed by atoms with Gasteiger partial charge in [0.1, 0.15) is 17.2 Å². The fourth-order valence-electron chi connectivity index (χ4n) is 3.55. The van der Waals surface area contributed by atoms with Crippen molar-refractivity contribution in [2.24, 2.45) is 4.99 Å². The van der Waals surface area contributed by atoms with Crippen molar-refractivity contribution in [1.82, 2.24) is 4.57 Å². The van der Waals surface area contributed by atoms with E-state index in [0.717, 1.165) is 5.56 Å². The molecule has 0 unspecified atom stereocenters. The van der Waals surface area contributed by atoms with Crippen molar-refractivity contribution in [1.29, 1.82) is 0 Å². The second-order valence-corrected chi connectivity index (χ2v) is 7.01. The van der Waals surface area contributed by atoms with Crippen LogP contribution in [0.3, 0.4) is 0 Å². The van der Waals surface area contributed by atoms with Crippen LogP contribution in [0.15, 0.2) is 76.5 Å². The molecule has 3 aromatic carbocycles. The van der Waals surface area contributed by atoms with Crippen molar-refractivity contribution in [2.75, 3.05) is 14.2 Å². The van der Waals surface area contributed by atoms with Gasteiger partial charge in [0.25, 0.3) is 5.56 Å². The van der Waals surface area contributed by atoms with Gasteiger partial charge in [0, 0.05) is 23.1 Å². The Balaban J connectivity index is 1.96. The van der Waals surface area contributed by atoms with E-state index in [9.17, 15) is 9.90 Å². The molecule has 0 amide bonds. The summed E-state index contributed by atoms with van der Waals surface area (Å²) in [6.07, 6.45) is 1.55. The molecule has 6 nitrogen and oxygen atoms in total. The molecule has 0 aliphatic carbocycles. The molecule has 0 aliphatic rings. The molecule has 4 rings (SSSR count). The van der Waals surface area contributed by atoms with Crippen LogP contribution in [0, 0.1) is 6.92 Å². The molecule has 4 aromatic rings. The molecular formula is C25H22N2O4. The third-order valence-electron chi connectivity index (χ3n) is 5.18. The number of ether oxygens (including phenoxy) is 2. The maximum Gasteiger partial charge on any atom is 0.265 e. The lowest BCUT2D eigenvalue weighted by Gasteiger charge is -2.15. The van der Waals surface area contributed by atoms with Crippen LogP contribution in [0.25, 0.3) is 16.5 Å². The van der Waals surface area contributed by atoms with E-state index in [1.807, 2.05) is 31.2 Å². The zero-order chi connectivity index (χ0) is 22.0. The first-order valence-electron chi connectivity index (χ1n) is 9.74. The summed E-state index contributed by atoms with van der Waals surface area (Å²) in [6.45, 7) is 1.90. The van der Waals surface area contributed by atoms with Crippen LogP contribution < -0.4 is 15.0 Å². The van der Waals surface area contributed by atoms with E-state index in [0.29, 0.717) is 39.2 Å². The molecule has 0 atom stereocenters. The number of aromatic nitrogens is 1. The lowest BCUT2D eigenvalue weighted by atomic mass is 10.1. The topological polar surface area (TPSA) is 73.0 Å². The third-order valence-corrected chi connectivity index (χ3v) is 5.18. The van der Waals surface area contributed by atoms with Gasteiger partial charge in [0.2, 0.25) is 5.88 Å². The summed E-state index contributed by atoms with van der Waals surface area (Å²) >= 11 is 0. The smallest absolute Gasteiger partial charge is 0.265 e. The van der Waals surface area contributed by atoms with Crippen molar-refractivity contribution in [3.63, 3.8) is 0 Å².